The zero-order valence-corrected chi connectivity index (χ0v) is 11.0. The number of benzene rings is 1. The van der Waals surface area contributed by atoms with Crippen LogP contribution in [0.2, 0.25) is 0 Å². The lowest BCUT2D eigenvalue weighted by Gasteiger charge is -2.04. The summed E-state index contributed by atoms with van der Waals surface area (Å²) in [6, 6.07) is 4.60. The molecule has 0 unspecified atom stereocenters. The van der Waals surface area contributed by atoms with Crippen molar-refractivity contribution in [2.45, 2.75) is 5.33 Å². The Morgan fingerprint density at radius 3 is 2.89 bits per heavy atom. The van der Waals surface area contributed by atoms with Gasteiger partial charge in [-0.3, -0.25) is 10.1 Å². The molecule has 1 aromatic heterocycles. The van der Waals surface area contributed by atoms with Crippen LogP contribution in [-0.4, -0.2) is 27.0 Å². The van der Waals surface area contributed by atoms with Gasteiger partial charge in [0.2, 0.25) is 0 Å². The van der Waals surface area contributed by atoms with E-state index in [1.165, 1.54) is 23.9 Å². The number of hydrogen-bond acceptors (Lipinski definition) is 5. The minimum Gasteiger partial charge on any atom is -0.490 e. The molecule has 0 bridgehead atoms. The van der Waals surface area contributed by atoms with Crippen molar-refractivity contribution in [3.05, 3.63) is 40.2 Å². The Morgan fingerprint density at radius 1 is 1.56 bits per heavy atom. The molecule has 2 rings (SSSR count). The molecular formula is C10H9BrN4O3. The fourth-order valence-electron chi connectivity index (χ4n) is 1.45. The molecule has 0 saturated carbocycles. The zero-order chi connectivity index (χ0) is 13.1. The molecule has 0 aliphatic rings. The molecule has 0 atom stereocenters. The summed E-state index contributed by atoms with van der Waals surface area (Å²) in [5, 5.41) is 19.3. The van der Waals surface area contributed by atoms with Crippen LogP contribution in [0.15, 0.2) is 24.4 Å². The van der Waals surface area contributed by atoms with E-state index in [0.717, 1.165) is 5.69 Å². The molecule has 8 heteroatoms. The second-order valence-corrected chi connectivity index (χ2v) is 3.96. The van der Waals surface area contributed by atoms with Crippen LogP contribution >= 0.6 is 15.9 Å². The van der Waals surface area contributed by atoms with Crippen molar-refractivity contribution in [2.24, 2.45) is 0 Å². The van der Waals surface area contributed by atoms with E-state index >= 15 is 0 Å². The monoisotopic (exact) mass is 312 g/mol. The molecule has 0 aliphatic carbocycles. The predicted molar refractivity (Wildman–Crippen MR) is 67.2 cm³/mol. The summed E-state index contributed by atoms with van der Waals surface area (Å²) in [4.78, 5) is 10.4. The average molecular weight is 313 g/mol. The highest BCUT2D eigenvalue weighted by Gasteiger charge is 2.16. The fraction of sp³-hybridized carbons (Fsp3) is 0.200. The first-order valence-corrected chi connectivity index (χ1v) is 6.08. The van der Waals surface area contributed by atoms with Gasteiger partial charge < -0.3 is 4.74 Å². The van der Waals surface area contributed by atoms with Gasteiger partial charge in [0.15, 0.2) is 5.75 Å². The van der Waals surface area contributed by atoms with Gasteiger partial charge in [0.1, 0.15) is 0 Å². The molecule has 18 heavy (non-hydrogen) atoms. The van der Waals surface area contributed by atoms with E-state index < -0.39 is 4.92 Å². The first-order chi connectivity index (χ1) is 8.65. The number of rotatable bonds is 4. The minimum atomic E-state index is -0.495. The molecule has 0 fully saturated rings. The number of hydrogen-bond donors (Lipinski definition) is 0. The van der Waals surface area contributed by atoms with Gasteiger partial charge in [0.25, 0.3) is 0 Å². The summed E-state index contributed by atoms with van der Waals surface area (Å²) in [7, 11) is 1.39. The molecule has 0 radical (unpaired) electrons. The summed E-state index contributed by atoms with van der Waals surface area (Å²) in [6.07, 6.45) is 1.69. The van der Waals surface area contributed by atoms with Crippen LogP contribution in [0.4, 0.5) is 5.69 Å². The van der Waals surface area contributed by atoms with Crippen LogP contribution in [0.25, 0.3) is 5.69 Å². The van der Waals surface area contributed by atoms with Gasteiger partial charge in [-0.15, -0.1) is 5.10 Å². The molecule has 2 aromatic rings. The Kier molecular flexibility index (Phi) is 3.56. The Labute approximate surface area is 111 Å². The maximum Gasteiger partial charge on any atom is 0.313 e. The number of alkyl halides is 1. The van der Waals surface area contributed by atoms with Gasteiger partial charge >= 0.3 is 5.69 Å². The normalized spacial score (nSPS) is 10.3. The highest BCUT2D eigenvalue weighted by Crippen LogP contribution is 2.28. The summed E-state index contributed by atoms with van der Waals surface area (Å²) < 4.78 is 6.40. The molecule has 0 saturated heterocycles. The van der Waals surface area contributed by atoms with Crippen LogP contribution in [0, 0.1) is 10.1 Å². The SMILES string of the molecule is COc1ccc(-n2cc(CBr)nn2)cc1[N+](=O)[O-]. The molecule has 94 valence electrons. The molecule has 0 N–H and O–H groups in total. The Balaban J connectivity index is 2.46. The van der Waals surface area contributed by atoms with E-state index in [0.29, 0.717) is 11.0 Å². The third-order valence-corrected chi connectivity index (χ3v) is 2.88. The van der Waals surface area contributed by atoms with E-state index in [9.17, 15) is 10.1 Å². The summed E-state index contributed by atoms with van der Waals surface area (Å²) >= 11 is 3.26. The van der Waals surface area contributed by atoms with Crippen LogP contribution in [-0.2, 0) is 5.33 Å². The Bertz CT molecular complexity index is 584. The van der Waals surface area contributed by atoms with Crippen molar-refractivity contribution in [3.63, 3.8) is 0 Å². The molecule has 1 heterocycles. The number of aromatic nitrogens is 3. The number of nitro benzene ring substituents is 1. The topological polar surface area (TPSA) is 83.1 Å². The zero-order valence-electron chi connectivity index (χ0n) is 9.41. The van der Waals surface area contributed by atoms with E-state index in [1.54, 1.807) is 12.3 Å². The maximum absolute atomic E-state index is 10.9. The lowest BCUT2D eigenvalue weighted by Crippen LogP contribution is -1.99. The average Bonchev–Trinajstić information content (AvgIpc) is 2.86. The molecule has 7 nitrogen and oxygen atoms in total. The van der Waals surface area contributed by atoms with Crippen molar-refractivity contribution in [1.82, 2.24) is 15.0 Å². The second kappa shape index (κ2) is 5.13. The van der Waals surface area contributed by atoms with Crippen molar-refractivity contribution in [1.29, 1.82) is 0 Å². The number of methoxy groups -OCH3 is 1. The van der Waals surface area contributed by atoms with Gasteiger partial charge in [0.05, 0.1) is 29.6 Å². The lowest BCUT2D eigenvalue weighted by molar-refractivity contribution is -0.385. The van der Waals surface area contributed by atoms with Crippen molar-refractivity contribution >= 4 is 21.6 Å². The highest BCUT2D eigenvalue weighted by atomic mass is 79.9. The third kappa shape index (κ3) is 2.33. The largest absolute Gasteiger partial charge is 0.490 e. The number of nitrogens with zero attached hydrogens (tertiary/aromatic N) is 4. The minimum absolute atomic E-state index is 0.106. The van der Waals surface area contributed by atoms with Crippen LogP contribution < -0.4 is 4.74 Å². The van der Waals surface area contributed by atoms with Crippen molar-refractivity contribution in [2.75, 3.05) is 7.11 Å². The van der Waals surface area contributed by atoms with E-state index in [4.69, 9.17) is 4.74 Å². The van der Waals surface area contributed by atoms with Gasteiger partial charge in [0, 0.05) is 11.4 Å². The third-order valence-electron chi connectivity index (χ3n) is 2.30. The molecule has 0 amide bonds. The number of ether oxygens (including phenoxy) is 1. The first kappa shape index (κ1) is 12.5. The van der Waals surface area contributed by atoms with E-state index in [2.05, 4.69) is 26.2 Å². The van der Waals surface area contributed by atoms with E-state index in [1.807, 2.05) is 0 Å². The predicted octanol–water partition coefficient (Wildman–Crippen LogP) is 2.08. The Morgan fingerprint density at radius 2 is 2.33 bits per heavy atom. The summed E-state index contributed by atoms with van der Waals surface area (Å²) in [6.45, 7) is 0. The van der Waals surface area contributed by atoms with Crippen molar-refractivity contribution < 1.29 is 9.66 Å². The van der Waals surface area contributed by atoms with Crippen LogP contribution in [0.5, 0.6) is 5.75 Å². The first-order valence-electron chi connectivity index (χ1n) is 4.95. The Hall–Kier alpha value is -1.96. The fourth-order valence-corrected chi connectivity index (χ4v) is 1.71. The summed E-state index contributed by atoms with van der Waals surface area (Å²) in [5.74, 6) is 0.213. The van der Waals surface area contributed by atoms with Gasteiger partial charge in [-0.2, -0.15) is 0 Å². The number of halogens is 1. The maximum atomic E-state index is 10.9. The lowest BCUT2D eigenvalue weighted by atomic mass is 10.2. The number of nitro groups is 1. The molecular weight excluding hydrogens is 304 g/mol. The quantitative estimate of drug-likeness (QED) is 0.490. The van der Waals surface area contributed by atoms with E-state index in [-0.39, 0.29) is 11.4 Å². The molecule has 1 aromatic carbocycles. The van der Waals surface area contributed by atoms with Crippen LogP contribution in [0.3, 0.4) is 0 Å². The summed E-state index contributed by atoms with van der Waals surface area (Å²) in [5.41, 5.74) is 1.20. The standard InChI is InChI=1S/C10H9BrN4O3/c1-18-10-3-2-8(4-9(10)15(16)17)14-6-7(5-11)12-13-14/h2-4,6H,5H2,1H3. The smallest absolute Gasteiger partial charge is 0.313 e. The second-order valence-electron chi connectivity index (χ2n) is 3.40. The van der Waals surface area contributed by atoms with Gasteiger partial charge in [-0.25, -0.2) is 4.68 Å². The van der Waals surface area contributed by atoms with Gasteiger partial charge in [-0.05, 0) is 12.1 Å². The van der Waals surface area contributed by atoms with Gasteiger partial charge in [-0.1, -0.05) is 21.1 Å². The molecule has 0 spiro atoms. The van der Waals surface area contributed by atoms with Crippen molar-refractivity contribution in [3.8, 4) is 11.4 Å². The van der Waals surface area contributed by atoms with Crippen LogP contribution in [0.1, 0.15) is 5.69 Å². The highest BCUT2D eigenvalue weighted by molar-refractivity contribution is 9.08. The molecule has 0 aliphatic heterocycles.